The summed E-state index contributed by atoms with van der Waals surface area (Å²) in [5.41, 5.74) is 0.738. The number of rotatable bonds is 3. The molecule has 0 saturated carbocycles. The predicted molar refractivity (Wildman–Crippen MR) is 71.4 cm³/mol. The molecule has 1 unspecified atom stereocenters. The van der Waals surface area contributed by atoms with Gasteiger partial charge in [-0.3, -0.25) is 4.79 Å². The highest BCUT2D eigenvalue weighted by Gasteiger charge is 2.34. The van der Waals surface area contributed by atoms with Crippen LogP contribution in [-0.4, -0.2) is 30.4 Å². The fourth-order valence-electron chi connectivity index (χ4n) is 2.22. The van der Waals surface area contributed by atoms with Gasteiger partial charge in [0.05, 0.1) is 5.75 Å². The van der Waals surface area contributed by atoms with E-state index < -0.39 is 21.0 Å². The molecule has 6 heteroatoms. The molecule has 0 bridgehead atoms. The molecule has 5 nitrogen and oxygen atoms in total. The van der Waals surface area contributed by atoms with E-state index in [0.717, 1.165) is 12.0 Å². The Labute approximate surface area is 112 Å². The number of nitrogens with one attached hydrogen (secondary N) is 1. The maximum atomic E-state index is 11.9. The maximum Gasteiger partial charge on any atom is 0.238 e. The highest BCUT2D eigenvalue weighted by Crippen LogP contribution is 2.19. The van der Waals surface area contributed by atoms with Crippen LogP contribution in [0.2, 0.25) is 0 Å². The second-order valence-corrected chi connectivity index (χ2v) is 7.04. The van der Waals surface area contributed by atoms with Gasteiger partial charge in [-0.25, -0.2) is 8.42 Å². The van der Waals surface area contributed by atoms with E-state index in [9.17, 15) is 18.3 Å². The number of carbonyl (C=O) groups excluding carboxylic acids is 1. The lowest BCUT2D eigenvalue weighted by Crippen LogP contribution is -2.42. The molecule has 1 aromatic carbocycles. The Balaban J connectivity index is 1.98. The van der Waals surface area contributed by atoms with Gasteiger partial charge >= 0.3 is 0 Å². The van der Waals surface area contributed by atoms with E-state index in [-0.39, 0.29) is 18.0 Å². The van der Waals surface area contributed by atoms with Gasteiger partial charge in [0, 0.05) is 6.54 Å². The van der Waals surface area contributed by atoms with E-state index >= 15 is 0 Å². The maximum absolute atomic E-state index is 11.9. The molecule has 1 aliphatic heterocycles. The molecule has 1 aliphatic rings. The van der Waals surface area contributed by atoms with E-state index in [2.05, 4.69) is 5.32 Å². The molecule has 0 aliphatic carbocycles. The number of hydrogen-bond donors (Lipinski definition) is 2. The minimum Gasteiger partial charge on any atom is -0.508 e. The van der Waals surface area contributed by atoms with Crippen molar-refractivity contribution in [2.24, 2.45) is 0 Å². The molecule has 19 heavy (non-hydrogen) atoms. The van der Waals surface area contributed by atoms with Crippen LogP contribution in [0.5, 0.6) is 5.75 Å². The highest BCUT2D eigenvalue weighted by atomic mass is 32.2. The lowest BCUT2D eigenvalue weighted by atomic mass is 10.1. The van der Waals surface area contributed by atoms with Crippen molar-refractivity contribution in [3.8, 4) is 5.75 Å². The molecular formula is C13H17NO4S. The normalized spacial score (nSPS) is 21.8. The van der Waals surface area contributed by atoms with Crippen molar-refractivity contribution in [3.05, 3.63) is 29.8 Å². The van der Waals surface area contributed by atoms with Crippen LogP contribution in [0.15, 0.2) is 24.3 Å². The molecule has 1 fully saturated rings. The van der Waals surface area contributed by atoms with Crippen LogP contribution in [0.3, 0.4) is 0 Å². The molecule has 1 aromatic rings. The number of benzene rings is 1. The van der Waals surface area contributed by atoms with Gasteiger partial charge < -0.3 is 10.4 Å². The first-order valence-corrected chi connectivity index (χ1v) is 7.98. The third-order valence-electron chi connectivity index (χ3n) is 3.25. The second-order valence-electron chi connectivity index (χ2n) is 4.74. The fourth-order valence-corrected chi connectivity index (χ4v) is 4.04. The lowest BCUT2D eigenvalue weighted by molar-refractivity contribution is -0.121. The first-order valence-electron chi connectivity index (χ1n) is 6.26. The lowest BCUT2D eigenvalue weighted by Gasteiger charge is -2.21. The molecule has 0 spiro atoms. The highest BCUT2D eigenvalue weighted by molar-refractivity contribution is 7.92. The Hall–Kier alpha value is -1.56. The van der Waals surface area contributed by atoms with Crippen LogP contribution in [0.25, 0.3) is 0 Å². The van der Waals surface area contributed by atoms with E-state index in [0.29, 0.717) is 12.8 Å². The molecule has 0 aromatic heterocycles. The number of phenols is 1. The van der Waals surface area contributed by atoms with Gasteiger partial charge in [-0.05, 0) is 30.5 Å². The number of aromatic hydroxyl groups is 1. The van der Waals surface area contributed by atoms with Crippen molar-refractivity contribution in [3.63, 3.8) is 0 Å². The number of hydrogen-bond acceptors (Lipinski definition) is 4. The summed E-state index contributed by atoms with van der Waals surface area (Å²) in [7, 11) is -3.30. The molecule has 104 valence electrons. The summed E-state index contributed by atoms with van der Waals surface area (Å²) >= 11 is 0. The van der Waals surface area contributed by atoms with Gasteiger partial charge in [-0.2, -0.15) is 0 Å². The summed E-state index contributed by atoms with van der Waals surface area (Å²) in [6.45, 7) is 0.221. The van der Waals surface area contributed by atoms with Crippen LogP contribution < -0.4 is 5.32 Å². The van der Waals surface area contributed by atoms with Gasteiger partial charge in [-0.15, -0.1) is 0 Å². The molecule has 1 amide bonds. The van der Waals surface area contributed by atoms with Crippen molar-refractivity contribution >= 4 is 15.7 Å². The number of phenolic OH excluding ortho intramolecular Hbond substituents is 1. The first kappa shape index (κ1) is 13.9. The zero-order valence-corrected chi connectivity index (χ0v) is 11.3. The van der Waals surface area contributed by atoms with Gasteiger partial charge in [0.2, 0.25) is 5.91 Å². The Morgan fingerprint density at radius 1 is 1.37 bits per heavy atom. The Bertz CT molecular complexity index is 568. The predicted octanol–water partition coefficient (Wildman–Crippen LogP) is 0.976. The van der Waals surface area contributed by atoms with Crippen LogP contribution in [0, 0.1) is 0 Å². The Morgan fingerprint density at radius 3 is 2.84 bits per heavy atom. The Morgan fingerprint density at radius 2 is 2.16 bits per heavy atom. The van der Waals surface area contributed by atoms with Crippen molar-refractivity contribution in [1.29, 1.82) is 0 Å². The van der Waals surface area contributed by atoms with Crippen molar-refractivity contribution < 1.29 is 18.3 Å². The fraction of sp³-hybridized carbons (Fsp3) is 0.462. The molecule has 1 atom stereocenters. The van der Waals surface area contributed by atoms with Crippen LogP contribution in [-0.2, 0) is 21.2 Å². The molecule has 1 saturated heterocycles. The molecule has 1 heterocycles. The number of carbonyl (C=O) groups is 1. The third kappa shape index (κ3) is 3.47. The zero-order chi connectivity index (χ0) is 13.9. The van der Waals surface area contributed by atoms with E-state index in [1.54, 1.807) is 12.1 Å². The summed E-state index contributed by atoms with van der Waals surface area (Å²) in [4.78, 5) is 11.9. The number of amides is 1. The van der Waals surface area contributed by atoms with Crippen LogP contribution >= 0.6 is 0 Å². The van der Waals surface area contributed by atoms with E-state index in [1.165, 1.54) is 12.1 Å². The van der Waals surface area contributed by atoms with E-state index in [4.69, 9.17) is 0 Å². The molecular weight excluding hydrogens is 266 g/mol. The average molecular weight is 283 g/mol. The molecule has 0 radical (unpaired) electrons. The van der Waals surface area contributed by atoms with Gasteiger partial charge in [-0.1, -0.05) is 18.6 Å². The monoisotopic (exact) mass is 283 g/mol. The first-order chi connectivity index (χ1) is 8.99. The number of sulfone groups is 1. The van der Waals surface area contributed by atoms with Gasteiger partial charge in [0.25, 0.3) is 0 Å². The van der Waals surface area contributed by atoms with Crippen LogP contribution in [0.1, 0.15) is 24.8 Å². The minimum absolute atomic E-state index is 0.0945. The summed E-state index contributed by atoms with van der Waals surface area (Å²) in [6.07, 6.45) is 1.80. The largest absolute Gasteiger partial charge is 0.508 e. The zero-order valence-electron chi connectivity index (χ0n) is 10.5. The minimum atomic E-state index is -3.30. The van der Waals surface area contributed by atoms with Crippen molar-refractivity contribution in [2.45, 2.75) is 31.1 Å². The topological polar surface area (TPSA) is 83.5 Å². The third-order valence-corrected chi connectivity index (χ3v) is 5.42. The quantitative estimate of drug-likeness (QED) is 0.866. The smallest absolute Gasteiger partial charge is 0.238 e. The summed E-state index contributed by atoms with van der Waals surface area (Å²) in [6, 6.07) is 6.51. The van der Waals surface area contributed by atoms with E-state index in [1.807, 2.05) is 0 Å². The van der Waals surface area contributed by atoms with Gasteiger partial charge in [0.1, 0.15) is 11.0 Å². The van der Waals surface area contributed by atoms with Crippen molar-refractivity contribution in [2.75, 3.05) is 5.75 Å². The average Bonchev–Trinajstić information content (AvgIpc) is 2.35. The van der Waals surface area contributed by atoms with Crippen LogP contribution in [0.4, 0.5) is 0 Å². The summed E-state index contributed by atoms with van der Waals surface area (Å²) < 4.78 is 23.6. The molecule has 2 N–H and O–H groups in total. The summed E-state index contributed by atoms with van der Waals surface area (Å²) in [5, 5.41) is 11.0. The Kier molecular flexibility index (Phi) is 4.09. The standard InChI is InChI=1S/C13H17NO4S/c15-11-5-3-4-10(8-11)9-14-13(16)12-6-1-2-7-19(12,17)18/h3-5,8,12,15H,1-2,6-7,9H2,(H,14,16). The SMILES string of the molecule is O=C(NCc1cccc(O)c1)C1CCCCS1(=O)=O. The van der Waals surface area contributed by atoms with Gasteiger partial charge in [0.15, 0.2) is 9.84 Å². The van der Waals surface area contributed by atoms with Crippen molar-refractivity contribution in [1.82, 2.24) is 5.32 Å². The summed E-state index contributed by atoms with van der Waals surface area (Å²) in [5.74, 6) is -0.225. The molecule has 2 rings (SSSR count). The second kappa shape index (κ2) is 5.61.